The summed E-state index contributed by atoms with van der Waals surface area (Å²) >= 11 is 0. The highest BCUT2D eigenvalue weighted by atomic mass is 19.4. The molecule has 3 rings (SSSR count). The molecule has 2 N–H and O–H groups in total. The number of nitrogens with one attached hydrogen (secondary N) is 1. The molecule has 0 heterocycles. The van der Waals surface area contributed by atoms with Crippen molar-refractivity contribution in [1.82, 2.24) is 0 Å². The number of amides is 1. The minimum Gasteiger partial charge on any atom is -0.507 e. The van der Waals surface area contributed by atoms with Crippen molar-refractivity contribution in [2.75, 3.05) is 5.32 Å². The molecule has 3 aromatic carbocycles. The number of aromatic hydroxyl groups is 1. The molecule has 0 aromatic heterocycles. The van der Waals surface area contributed by atoms with Crippen LogP contribution in [0.1, 0.15) is 15.9 Å². The average Bonchev–Trinajstić information content (AvgIpc) is 2.60. The standard InChI is InChI=1S/C18H11F3N2O4/c19-18(20,21)13-9-11(23(26)27)6-7-14(13)22-17(25)16-12-4-2-1-3-10(12)5-8-15(16)24/h1-9,24H,(H,22,25). The van der Waals surface area contributed by atoms with Crippen LogP contribution in [0.2, 0.25) is 0 Å². The topological polar surface area (TPSA) is 92.5 Å². The van der Waals surface area contributed by atoms with Crippen LogP contribution in [0.3, 0.4) is 0 Å². The first-order chi connectivity index (χ1) is 12.7. The van der Waals surface area contributed by atoms with Gasteiger partial charge in [-0.05, 0) is 22.9 Å². The highest BCUT2D eigenvalue weighted by Crippen LogP contribution is 2.38. The van der Waals surface area contributed by atoms with Gasteiger partial charge in [-0.2, -0.15) is 13.2 Å². The van der Waals surface area contributed by atoms with Gasteiger partial charge in [0.05, 0.1) is 21.7 Å². The number of nitrogens with zero attached hydrogens (tertiary/aromatic N) is 1. The zero-order valence-corrected chi connectivity index (χ0v) is 13.4. The molecule has 0 atom stereocenters. The van der Waals surface area contributed by atoms with Crippen molar-refractivity contribution in [2.45, 2.75) is 6.18 Å². The zero-order chi connectivity index (χ0) is 19.8. The molecule has 0 saturated carbocycles. The van der Waals surface area contributed by atoms with E-state index in [1.807, 2.05) is 0 Å². The number of halogens is 3. The molecule has 138 valence electrons. The lowest BCUT2D eigenvalue weighted by atomic mass is 10.0. The summed E-state index contributed by atoms with van der Waals surface area (Å²) in [5.74, 6) is -1.37. The van der Waals surface area contributed by atoms with E-state index >= 15 is 0 Å². The Balaban J connectivity index is 2.07. The number of carbonyl (C=O) groups is 1. The van der Waals surface area contributed by atoms with Crippen LogP contribution in [0, 0.1) is 10.1 Å². The van der Waals surface area contributed by atoms with Gasteiger partial charge < -0.3 is 10.4 Å². The van der Waals surface area contributed by atoms with Crippen LogP contribution < -0.4 is 5.32 Å². The second kappa shape index (κ2) is 6.60. The number of hydrogen-bond acceptors (Lipinski definition) is 4. The summed E-state index contributed by atoms with van der Waals surface area (Å²) in [5, 5.41) is 23.8. The Morgan fingerprint density at radius 3 is 2.44 bits per heavy atom. The van der Waals surface area contributed by atoms with Gasteiger partial charge in [0, 0.05) is 12.1 Å². The highest BCUT2D eigenvalue weighted by molar-refractivity contribution is 6.15. The fraction of sp³-hybridized carbons (Fsp3) is 0.0556. The predicted octanol–water partition coefficient (Wildman–Crippen LogP) is 4.72. The molecule has 0 bridgehead atoms. The lowest BCUT2D eigenvalue weighted by Crippen LogP contribution is -2.17. The van der Waals surface area contributed by atoms with Crippen molar-refractivity contribution < 1.29 is 28.0 Å². The molecule has 3 aromatic rings. The van der Waals surface area contributed by atoms with E-state index in [0.717, 1.165) is 12.1 Å². The van der Waals surface area contributed by atoms with Crippen LogP contribution in [0.15, 0.2) is 54.6 Å². The van der Waals surface area contributed by atoms with Crippen LogP contribution in [-0.4, -0.2) is 15.9 Å². The van der Waals surface area contributed by atoms with Gasteiger partial charge >= 0.3 is 6.18 Å². The lowest BCUT2D eigenvalue weighted by molar-refractivity contribution is -0.385. The molecule has 0 fully saturated rings. The fourth-order valence-electron chi connectivity index (χ4n) is 2.67. The normalized spacial score (nSPS) is 11.4. The highest BCUT2D eigenvalue weighted by Gasteiger charge is 2.36. The van der Waals surface area contributed by atoms with E-state index in [1.54, 1.807) is 30.3 Å². The Hall–Kier alpha value is -3.62. The van der Waals surface area contributed by atoms with E-state index in [2.05, 4.69) is 5.32 Å². The van der Waals surface area contributed by atoms with Gasteiger partial charge in [-0.3, -0.25) is 14.9 Å². The Labute approximate surface area is 150 Å². The number of benzene rings is 3. The first kappa shape index (κ1) is 18.2. The lowest BCUT2D eigenvalue weighted by Gasteiger charge is -2.15. The van der Waals surface area contributed by atoms with Crippen molar-refractivity contribution in [3.63, 3.8) is 0 Å². The molecule has 0 spiro atoms. The van der Waals surface area contributed by atoms with Gasteiger partial charge in [-0.25, -0.2) is 0 Å². The molecule has 0 aliphatic carbocycles. The summed E-state index contributed by atoms with van der Waals surface area (Å²) in [4.78, 5) is 22.4. The molecule has 9 heteroatoms. The SMILES string of the molecule is O=C(Nc1ccc([N+](=O)[O-])cc1C(F)(F)F)c1c(O)ccc2ccccc12. The van der Waals surface area contributed by atoms with Crippen LogP contribution in [0.5, 0.6) is 5.75 Å². The molecule has 27 heavy (non-hydrogen) atoms. The Bertz CT molecular complexity index is 1060. The Morgan fingerprint density at radius 1 is 1.07 bits per heavy atom. The van der Waals surface area contributed by atoms with Gasteiger partial charge in [0.1, 0.15) is 5.75 Å². The quantitative estimate of drug-likeness (QED) is 0.511. The van der Waals surface area contributed by atoms with Crippen molar-refractivity contribution in [1.29, 1.82) is 0 Å². The monoisotopic (exact) mass is 376 g/mol. The van der Waals surface area contributed by atoms with Crippen LogP contribution in [0.25, 0.3) is 10.8 Å². The maximum absolute atomic E-state index is 13.3. The molecule has 0 saturated heterocycles. The van der Waals surface area contributed by atoms with E-state index in [9.17, 15) is 33.2 Å². The maximum atomic E-state index is 13.3. The minimum absolute atomic E-state index is 0.195. The third-order valence-electron chi connectivity index (χ3n) is 3.90. The molecule has 0 aliphatic heterocycles. The summed E-state index contributed by atoms with van der Waals surface area (Å²) in [7, 11) is 0. The molecule has 6 nitrogen and oxygen atoms in total. The number of alkyl halides is 3. The molecule has 1 amide bonds. The summed E-state index contributed by atoms with van der Waals surface area (Å²) in [6.07, 6.45) is -4.92. The Kier molecular flexibility index (Phi) is 4.44. The van der Waals surface area contributed by atoms with E-state index in [0.29, 0.717) is 16.8 Å². The molecular weight excluding hydrogens is 365 g/mol. The number of phenolic OH excluding ortho intramolecular Hbond substituents is 1. The van der Waals surface area contributed by atoms with Gasteiger partial charge in [-0.15, -0.1) is 0 Å². The number of phenols is 1. The predicted molar refractivity (Wildman–Crippen MR) is 91.7 cm³/mol. The third-order valence-corrected chi connectivity index (χ3v) is 3.90. The number of non-ortho nitro benzene ring substituents is 1. The number of hydrogen-bond donors (Lipinski definition) is 2. The van der Waals surface area contributed by atoms with Gasteiger partial charge in [0.2, 0.25) is 0 Å². The first-order valence-corrected chi connectivity index (χ1v) is 7.56. The second-order valence-corrected chi connectivity index (χ2v) is 5.62. The molecule has 0 aliphatic rings. The van der Waals surface area contributed by atoms with Gasteiger partial charge in [-0.1, -0.05) is 30.3 Å². The minimum atomic E-state index is -4.92. The Morgan fingerprint density at radius 2 is 1.78 bits per heavy atom. The average molecular weight is 376 g/mol. The summed E-state index contributed by atoms with van der Waals surface area (Å²) < 4.78 is 39.8. The third kappa shape index (κ3) is 3.52. The van der Waals surface area contributed by atoms with Crippen molar-refractivity contribution in [2.24, 2.45) is 0 Å². The van der Waals surface area contributed by atoms with Crippen molar-refractivity contribution in [3.05, 3.63) is 75.8 Å². The fourth-order valence-corrected chi connectivity index (χ4v) is 2.67. The largest absolute Gasteiger partial charge is 0.507 e. The van der Waals surface area contributed by atoms with E-state index in [-0.39, 0.29) is 5.56 Å². The van der Waals surface area contributed by atoms with E-state index in [1.165, 1.54) is 6.07 Å². The zero-order valence-electron chi connectivity index (χ0n) is 13.4. The van der Waals surface area contributed by atoms with Gasteiger partial charge in [0.15, 0.2) is 0 Å². The number of nitro groups is 1. The summed E-state index contributed by atoms with van der Waals surface area (Å²) in [5.41, 5.74) is -2.96. The van der Waals surface area contributed by atoms with Crippen LogP contribution in [0.4, 0.5) is 24.5 Å². The first-order valence-electron chi connectivity index (χ1n) is 7.56. The number of anilines is 1. The molecular formula is C18H11F3N2O4. The molecule has 0 radical (unpaired) electrons. The van der Waals surface area contributed by atoms with Gasteiger partial charge in [0.25, 0.3) is 11.6 Å². The number of nitro benzene ring substituents is 1. The number of fused-ring (bicyclic) bond motifs is 1. The summed E-state index contributed by atoms with van der Waals surface area (Å²) in [6, 6.07) is 11.4. The van der Waals surface area contributed by atoms with Crippen molar-refractivity contribution in [3.8, 4) is 5.75 Å². The number of carbonyl (C=O) groups excluding carboxylic acids is 1. The smallest absolute Gasteiger partial charge is 0.418 e. The van der Waals surface area contributed by atoms with E-state index in [4.69, 9.17) is 0 Å². The maximum Gasteiger partial charge on any atom is 0.418 e. The molecule has 0 unspecified atom stereocenters. The summed E-state index contributed by atoms with van der Waals surface area (Å²) in [6.45, 7) is 0. The van der Waals surface area contributed by atoms with Crippen molar-refractivity contribution >= 4 is 28.1 Å². The van der Waals surface area contributed by atoms with Crippen LogP contribution >= 0.6 is 0 Å². The number of rotatable bonds is 3. The second-order valence-electron chi connectivity index (χ2n) is 5.62. The van der Waals surface area contributed by atoms with Crippen LogP contribution in [-0.2, 0) is 6.18 Å². The van der Waals surface area contributed by atoms with E-state index < -0.39 is 39.7 Å².